The van der Waals surface area contributed by atoms with Gasteiger partial charge < -0.3 is 13.6 Å². The Balaban J connectivity index is 1.73. The van der Waals surface area contributed by atoms with Gasteiger partial charge in [0.1, 0.15) is 16.4 Å². The average Bonchev–Trinajstić information content (AvgIpc) is 3.17. The smallest absolute Gasteiger partial charge is 0.338 e. The summed E-state index contributed by atoms with van der Waals surface area (Å²) in [5, 5.41) is 12.7. The number of hydrogen-bond donors (Lipinski definition) is 1. The lowest BCUT2D eigenvalue weighted by molar-refractivity contribution is 0.0438. The van der Waals surface area contributed by atoms with Gasteiger partial charge in [0.2, 0.25) is 10.0 Å². The lowest BCUT2D eigenvalue weighted by atomic mass is 10.2. The molecule has 27 heavy (non-hydrogen) atoms. The number of nitrogens with zero attached hydrogens (tertiary/aromatic N) is 2. The maximum atomic E-state index is 12.1. The number of aromatic nitrogens is 2. The molecule has 0 aliphatic heterocycles. The summed E-state index contributed by atoms with van der Waals surface area (Å²) in [6, 6.07) is 5.35. The van der Waals surface area contributed by atoms with Crippen molar-refractivity contribution in [3.63, 3.8) is 0 Å². The fraction of sp³-hybridized carbons (Fsp3) is 0.188. The number of nitrogens with two attached hydrogens (primary N) is 1. The molecule has 0 fully saturated rings. The van der Waals surface area contributed by atoms with Gasteiger partial charge in [0.15, 0.2) is 6.61 Å². The van der Waals surface area contributed by atoms with Crippen LogP contribution in [0.15, 0.2) is 38.0 Å². The topological polar surface area (TPSA) is 139 Å². The van der Waals surface area contributed by atoms with Gasteiger partial charge in [-0.2, -0.15) is 0 Å². The zero-order valence-electron chi connectivity index (χ0n) is 14.2. The summed E-state index contributed by atoms with van der Waals surface area (Å²) in [5.74, 6) is 0.820. The SMILES string of the molecule is Cc1cc(-c2nnc(COC(=O)c3ccc(Cl)c(S(N)(=O)=O)c3)o2)c(C)o1. The number of ether oxygens (including phenoxy) is 1. The first-order valence-electron chi connectivity index (χ1n) is 7.54. The van der Waals surface area contributed by atoms with Gasteiger partial charge in [0, 0.05) is 0 Å². The molecule has 2 heterocycles. The molecule has 11 heteroatoms. The molecular weight excluding hydrogens is 398 g/mol. The van der Waals surface area contributed by atoms with Crippen molar-refractivity contribution in [2.45, 2.75) is 25.3 Å². The van der Waals surface area contributed by atoms with E-state index in [-0.39, 0.29) is 33.9 Å². The second-order valence-corrected chi connectivity index (χ2v) is 7.53. The van der Waals surface area contributed by atoms with Crippen molar-refractivity contribution in [1.82, 2.24) is 10.2 Å². The van der Waals surface area contributed by atoms with Crippen molar-refractivity contribution in [1.29, 1.82) is 0 Å². The first-order chi connectivity index (χ1) is 12.6. The van der Waals surface area contributed by atoms with Crippen molar-refractivity contribution in [3.05, 3.63) is 52.3 Å². The van der Waals surface area contributed by atoms with Gasteiger partial charge in [-0.3, -0.25) is 0 Å². The lowest BCUT2D eigenvalue weighted by Crippen LogP contribution is -2.14. The first-order valence-corrected chi connectivity index (χ1v) is 9.47. The quantitative estimate of drug-likeness (QED) is 0.632. The number of sulfonamides is 1. The Kier molecular flexibility index (Phi) is 5.05. The molecule has 0 spiro atoms. The molecule has 0 aliphatic carbocycles. The molecule has 0 unspecified atom stereocenters. The first kappa shape index (κ1) is 19.1. The van der Waals surface area contributed by atoms with Crippen LogP contribution in [-0.2, 0) is 21.4 Å². The van der Waals surface area contributed by atoms with Crippen LogP contribution >= 0.6 is 11.6 Å². The summed E-state index contributed by atoms with van der Waals surface area (Å²) in [4.78, 5) is 11.8. The standard InChI is InChI=1S/C16H14ClN3O6S/c1-8-5-11(9(2)25-8)15-20-19-14(26-15)7-24-16(21)10-3-4-12(17)13(6-10)27(18,22)23/h3-6H,7H2,1-2H3,(H2,18,22,23). The zero-order chi connectivity index (χ0) is 19.8. The maximum absolute atomic E-state index is 12.1. The van der Waals surface area contributed by atoms with E-state index in [4.69, 9.17) is 30.3 Å². The van der Waals surface area contributed by atoms with Crippen LogP contribution in [0.4, 0.5) is 0 Å². The van der Waals surface area contributed by atoms with E-state index in [1.54, 1.807) is 19.9 Å². The van der Waals surface area contributed by atoms with Crippen LogP contribution in [0, 0.1) is 13.8 Å². The number of esters is 1. The second-order valence-electron chi connectivity index (χ2n) is 5.59. The van der Waals surface area contributed by atoms with Crippen LogP contribution in [0.1, 0.15) is 27.8 Å². The molecule has 3 rings (SSSR count). The van der Waals surface area contributed by atoms with Crippen molar-refractivity contribution in [2.24, 2.45) is 5.14 Å². The summed E-state index contributed by atoms with van der Waals surface area (Å²) in [7, 11) is -4.08. The molecule has 0 atom stereocenters. The Morgan fingerprint density at radius 3 is 2.59 bits per heavy atom. The third kappa shape index (κ3) is 4.18. The molecule has 0 saturated heterocycles. The van der Waals surface area contributed by atoms with Gasteiger partial charge in [-0.25, -0.2) is 18.4 Å². The van der Waals surface area contributed by atoms with Crippen molar-refractivity contribution >= 4 is 27.6 Å². The van der Waals surface area contributed by atoms with Crippen LogP contribution in [-0.4, -0.2) is 24.6 Å². The van der Waals surface area contributed by atoms with E-state index in [1.807, 2.05) is 0 Å². The number of aryl methyl sites for hydroxylation is 2. The molecule has 0 amide bonds. The van der Waals surface area contributed by atoms with Crippen molar-refractivity contribution in [3.8, 4) is 11.5 Å². The third-order valence-electron chi connectivity index (χ3n) is 3.54. The summed E-state index contributed by atoms with van der Waals surface area (Å²) in [6.07, 6.45) is 0. The monoisotopic (exact) mass is 411 g/mol. The van der Waals surface area contributed by atoms with Crippen LogP contribution in [0.5, 0.6) is 0 Å². The summed E-state index contributed by atoms with van der Waals surface area (Å²) >= 11 is 5.78. The average molecular weight is 412 g/mol. The molecule has 0 bridgehead atoms. The summed E-state index contributed by atoms with van der Waals surface area (Å²) in [5.41, 5.74) is 0.609. The number of carbonyl (C=O) groups is 1. The number of hydrogen-bond acceptors (Lipinski definition) is 8. The number of furan rings is 1. The lowest BCUT2D eigenvalue weighted by Gasteiger charge is -2.05. The highest BCUT2D eigenvalue weighted by Crippen LogP contribution is 2.26. The van der Waals surface area contributed by atoms with E-state index in [2.05, 4.69) is 10.2 Å². The molecule has 2 N–H and O–H groups in total. The van der Waals surface area contributed by atoms with Gasteiger partial charge in [0.25, 0.3) is 11.8 Å². The molecule has 0 saturated carbocycles. The highest BCUT2D eigenvalue weighted by Gasteiger charge is 2.19. The molecule has 2 aromatic heterocycles. The minimum atomic E-state index is -4.08. The number of benzene rings is 1. The fourth-order valence-corrected chi connectivity index (χ4v) is 3.39. The van der Waals surface area contributed by atoms with Gasteiger partial charge in [-0.15, -0.1) is 10.2 Å². The van der Waals surface area contributed by atoms with Gasteiger partial charge in [-0.1, -0.05) is 11.6 Å². The van der Waals surface area contributed by atoms with E-state index in [0.717, 1.165) is 6.07 Å². The zero-order valence-corrected chi connectivity index (χ0v) is 15.8. The molecule has 3 aromatic rings. The van der Waals surface area contributed by atoms with E-state index < -0.39 is 16.0 Å². The Hall–Kier alpha value is -2.69. The Bertz CT molecular complexity index is 1120. The van der Waals surface area contributed by atoms with E-state index in [0.29, 0.717) is 17.1 Å². The van der Waals surface area contributed by atoms with E-state index in [1.165, 1.54) is 12.1 Å². The Labute approximate surface area is 159 Å². The molecule has 142 valence electrons. The third-order valence-corrected chi connectivity index (χ3v) is 4.93. The van der Waals surface area contributed by atoms with Crippen LogP contribution < -0.4 is 5.14 Å². The number of halogens is 1. The fourth-order valence-electron chi connectivity index (χ4n) is 2.32. The Morgan fingerprint density at radius 2 is 1.96 bits per heavy atom. The minimum absolute atomic E-state index is 0.0375. The largest absolute Gasteiger partial charge is 0.466 e. The molecule has 9 nitrogen and oxygen atoms in total. The predicted molar refractivity (Wildman–Crippen MR) is 93.4 cm³/mol. The highest BCUT2D eigenvalue weighted by atomic mass is 35.5. The maximum Gasteiger partial charge on any atom is 0.338 e. The van der Waals surface area contributed by atoms with Crippen LogP contribution in [0.2, 0.25) is 5.02 Å². The van der Waals surface area contributed by atoms with Crippen LogP contribution in [0.3, 0.4) is 0 Å². The normalized spacial score (nSPS) is 11.6. The second kappa shape index (κ2) is 7.14. The molecular formula is C16H14ClN3O6S. The van der Waals surface area contributed by atoms with Gasteiger partial charge in [-0.05, 0) is 38.1 Å². The number of rotatable bonds is 5. The highest BCUT2D eigenvalue weighted by molar-refractivity contribution is 7.89. The summed E-state index contributed by atoms with van der Waals surface area (Å²) < 4.78 is 38.9. The van der Waals surface area contributed by atoms with Gasteiger partial charge in [0.05, 0.1) is 16.1 Å². The van der Waals surface area contributed by atoms with Crippen molar-refractivity contribution < 1.29 is 26.8 Å². The van der Waals surface area contributed by atoms with Crippen LogP contribution in [0.25, 0.3) is 11.5 Å². The minimum Gasteiger partial charge on any atom is -0.466 e. The van der Waals surface area contributed by atoms with E-state index in [9.17, 15) is 13.2 Å². The Morgan fingerprint density at radius 1 is 1.22 bits per heavy atom. The van der Waals surface area contributed by atoms with Crippen molar-refractivity contribution in [2.75, 3.05) is 0 Å². The molecule has 0 aliphatic rings. The number of primary sulfonamides is 1. The molecule has 1 aromatic carbocycles. The predicted octanol–water partition coefficient (Wildman–Crippen LogP) is 2.60. The molecule has 0 radical (unpaired) electrons. The van der Waals surface area contributed by atoms with Gasteiger partial charge >= 0.3 is 5.97 Å². The van der Waals surface area contributed by atoms with E-state index >= 15 is 0 Å². The number of carbonyl (C=O) groups excluding carboxylic acids is 1. The summed E-state index contributed by atoms with van der Waals surface area (Å²) in [6.45, 7) is 3.25.